The highest BCUT2D eigenvalue weighted by Gasteiger charge is 2.53. The van der Waals surface area contributed by atoms with Gasteiger partial charge in [-0.15, -0.1) is 0 Å². The number of carbonyl (C=O) groups excluding carboxylic acids is 1. The molecule has 0 spiro atoms. The Balaban J connectivity index is 2.92. The Morgan fingerprint density at radius 2 is 2.00 bits per heavy atom. The second kappa shape index (κ2) is 4.56. The van der Waals surface area contributed by atoms with E-state index in [9.17, 15) is 4.79 Å². The third-order valence-corrected chi connectivity index (χ3v) is 4.74. The van der Waals surface area contributed by atoms with Gasteiger partial charge in [0.15, 0.2) is 0 Å². The minimum Gasteiger partial charge on any atom is -0.392 e. The molecule has 17 heavy (non-hydrogen) atoms. The van der Waals surface area contributed by atoms with Gasteiger partial charge in [-0.1, -0.05) is 26.1 Å². The smallest absolute Gasteiger partial charge is 0.235 e. The number of hydrogen-bond acceptors (Lipinski definition) is 2. The highest BCUT2D eigenvalue weighted by atomic mass is 32.1. The molecular formula is C13H24N2OS. The third kappa shape index (κ3) is 2.32. The van der Waals surface area contributed by atoms with Gasteiger partial charge >= 0.3 is 0 Å². The second-order valence-corrected chi connectivity index (χ2v) is 6.43. The zero-order valence-corrected chi connectivity index (χ0v) is 12.4. The van der Waals surface area contributed by atoms with Crippen molar-refractivity contribution in [3.8, 4) is 0 Å². The van der Waals surface area contributed by atoms with Crippen LogP contribution in [0.15, 0.2) is 0 Å². The average Bonchev–Trinajstić information content (AvgIpc) is 2.21. The molecule has 1 rings (SSSR count). The summed E-state index contributed by atoms with van der Waals surface area (Å²) in [4.78, 5) is 14.8. The fourth-order valence-corrected chi connectivity index (χ4v) is 2.70. The van der Waals surface area contributed by atoms with Gasteiger partial charge in [0.05, 0.1) is 10.4 Å². The first-order valence-corrected chi connectivity index (χ1v) is 6.66. The van der Waals surface area contributed by atoms with Crippen LogP contribution in [-0.2, 0) is 4.79 Å². The minimum atomic E-state index is -0.573. The number of thiocarbonyl (C=S) groups is 1. The number of nitrogens with zero attached hydrogens (tertiary/aromatic N) is 1. The summed E-state index contributed by atoms with van der Waals surface area (Å²) in [5.41, 5.74) is 5.08. The quantitative estimate of drug-likeness (QED) is 0.785. The summed E-state index contributed by atoms with van der Waals surface area (Å²) in [5.74, 6) is 0.633. The molecule has 0 atom stereocenters. The van der Waals surface area contributed by atoms with Crippen LogP contribution in [0.2, 0.25) is 0 Å². The Morgan fingerprint density at radius 3 is 2.29 bits per heavy atom. The first-order chi connectivity index (χ1) is 7.67. The van der Waals surface area contributed by atoms with Crippen molar-refractivity contribution in [2.24, 2.45) is 17.1 Å². The van der Waals surface area contributed by atoms with E-state index in [1.807, 2.05) is 11.9 Å². The summed E-state index contributed by atoms with van der Waals surface area (Å²) in [6.07, 6.45) is 2.51. The molecule has 1 aliphatic rings. The Morgan fingerprint density at radius 1 is 1.53 bits per heavy atom. The third-order valence-electron chi connectivity index (χ3n) is 4.35. The normalized spacial score (nSPS) is 28.4. The van der Waals surface area contributed by atoms with Gasteiger partial charge in [0, 0.05) is 12.6 Å². The van der Waals surface area contributed by atoms with Crippen LogP contribution in [0.1, 0.15) is 47.0 Å². The molecule has 0 aromatic carbocycles. The van der Waals surface area contributed by atoms with Crippen molar-refractivity contribution in [1.82, 2.24) is 4.90 Å². The maximum Gasteiger partial charge on any atom is 0.235 e. The van der Waals surface area contributed by atoms with Gasteiger partial charge in [-0.3, -0.25) is 4.79 Å². The monoisotopic (exact) mass is 256 g/mol. The van der Waals surface area contributed by atoms with Crippen molar-refractivity contribution in [1.29, 1.82) is 0 Å². The molecule has 0 unspecified atom stereocenters. The summed E-state index contributed by atoms with van der Waals surface area (Å²) in [6.45, 7) is 8.36. The highest BCUT2D eigenvalue weighted by Crippen LogP contribution is 2.47. The lowest BCUT2D eigenvalue weighted by Crippen LogP contribution is -2.59. The maximum absolute atomic E-state index is 12.6. The highest BCUT2D eigenvalue weighted by molar-refractivity contribution is 7.80. The van der Waals surface area contributed by atoms with E-state index >= 15 is 0 Å². The molecule has 3 nitrogen and oxygen atoms in total. The SMILES string of the molecule is CCC(C)(C)N(C)C(=O)C1(C(N)=S)CC(C)C1. The molecule has 0 aliphatic heterocycles. The first kappa shape index (κ1) is 14.4. The van der Waals surface area contributed by atoms with Gasteiger partial charge in [0.1, 0.15) is 0 Å². The molecule has 0 radical (unpaired) electrons. The van der Waals surface area contributed by atoms with Crippen LogP contribution in [0.5, 0.6) is 0 Å². The number of amides is 1. The lowest BCUT2D eigenvalue weighted by molar-refractivity contribution is -0.147. The largest absolute Gasteiger partial charge is 0.392 e. The van der Waals surface area contributed by atoms with Gasteiger partial charge in [-0.05, 0) is 39.0 Å². The maximum atomic E-state index is 12.6. The van der Waals surface area contributed by atoms with E-state index in [1.54, 1.807) is 0 Å². The lowest BCUT2D eigenvalue weighted by Gasteiger charge is -2.49. The lowest BCUT2D eigenvalue weighted by atomic mass is 9.61. The Hall–Kier alpha value is -0.640. The first-order valence-electron chi connectivity index (χ1n) is 6.25. The molecule has 1 fully saturated rings. The van der Waals surface area contributed by atoms with Crippen LogP contribution >= 0.6 is 12.2 Å². The number of carbonyl (C=O) groups is 1. The molecule has 0 aromatic rings. The fourth-order valence-electron chi connectivity index (χ4n) is 2.44. The summed E-state index contributed by atoms with van der Waals surface area (Å²) in [6, 6.07) is 0. The summed E-state index contributed by atoms with van der Waals surface area (Å²) >= 11 is 5.12. The van der Waals surface area contributed by atoms with Crippen molar-refractivity contribution in [3.63, 3.8) is 0 Å². The summed E-state index contributed by atoms with van der Waals surface area (Å²) < 4.78 is 0. The van der Waals surface area contributed by atoms with Crippen LogP contribution in [0.4, 0.5) is 0 Å². The Labute approximate surface area is 110 Å². The van der Waals surface area contributed by atoms with E-state index in [0.29, 0.717) is 10.9 Å². The molecule has 0 bridgehead atoms. The van der Waals surface area contributed by atoms with Crippen molar-refractivity contribution in [3.05, 3.63) is 0 Å². The molecule has 0 saturated heterocycles. The van der Waals surface area contributed by atoms with E-state index in [4.69, 9.17) is 18.0 Å². The van der Waals surface area contributed by atoms with Gasteiger partial charge < -0.3 is 10.6 Å². The van der Waals surface area contributed by atoms with Gasteiger partial charge in [0.2, 0.25) is 5.91 Å². The van der Waals surface area contributed by atoms with Crippen molar-refractivity contribution in [2.75, 3.05) is 7.05 Å². The van der Waals surface area contributed by atoms with Crippen molar-refractivity contribution < 1.29 is 4.79 Å². The van der Waals surface area contributed by atoms with Crippen molar-refractivity contribution >= 4 is 23.1 Å². The molecule has 98 valence electrons. The van der Waals surface area contributed by atoms with Crippen LogP contribution in [0.3, 0.4) is 0 Å². The van der Waals surface area contributed by atoms with E-state index in [-0.39, 0.29) is 11.4 Å². The molecule has 1 amide bonds. The van der Waals surface area contributed by atoms with Gasteiger partial charge in [-0.2, -0.15) is 0 Å². The Kier molecular flexibility index (Phi) is 3.87. The molecular weight excluding hydrogens is 232 g/mol. The van der Waals surface area contributed by atoms with E-state index in [2.05, 4.69) is 27.7 Å². The van der Waals surface area contributed by atoms with E-state index in [1.165, 1.54) is 0 Å². The fraction of sp³-hybridized carbons (Fsp3) is 0.846. The molecule has 0 aromatic heterocycles. The molecule has 1 saturated carbocycles. The second-order valence-electron chi connectivity index (χ2n) is 5.99. The van der Waals surface area contributed by atoms with Crippen LogP contribution in [0, 0.1) is 11.3 Å². The standard InChI is InChI=1S/C13H24N2OS/c1-6-12(3,4)15(5)11(16)13(10(14)17)7-9(2)8-13/h9H,6-8H2,1-5H3,(H2,14,17). The minimum absolute atomic E-state index is 0.0925. The zero-order valence-electron chi connectivity index (χ0n) is 11.5. The number of nitrogens with two attached hydrogens (primary N) is 1. The number of hydrogen-bond donors (Lipinski definition) is 1. The van der Waals surface area contributed by atoms with Crippen LogP contribution in [-0.4, -0.2) is 28.4 Å². The predicted molar refractivity (Wildman–Crippen MR) is 74.8 cm³/mol. The van der Waals surface area contributed by atoms with E-state index < -0.39 is 5.41 Å². The van der Waals surface area contributed by atoms with E-state index in [0.717, 1.165) is 19.3 Å². The van der Waals surface area contributed by atoms with Crippen molar-refractivity contribution in [2.45, 2.75) is 52.5 Å². The molecule has 0 heterocycles. The summed E-state index contributed by atoms with van der Waals surface area (Å²) in [7, 11) is 1.86. The predicted octanol–water partition coefficient (Wildman–Crippen LogP) is 2.34. The number of rotatable bonds is 4. The average molecular weight is 256 g/mol. The molecule has 4 heteroatoms. The molecule has 1 aliphatic carbocycles. The van der Waals surface area contributed by atoms with Crippen LogP contribution in [0.25, 0.3) is 0 Å². The summed E-state index contributed by atoms with van der Waals surface area (Å²) in [5, 5.41) is 0. The van der Waals surface area contributed by atoms with Crippen LogP contribution < -0.4 is 5.73 Å². The molecule has 2 N–H and O–H groups in total. The van der Waals surface area contributed by atoms with Gasteiger partial charge in [-0.25, -0.2) is 0 Å². The topological polar surface area (TPSA) is 46.3 Å². The van der Waals surface area contributed by atoms with Gasteiger partial charge in [0.25, 0.3) is 0 Å². The Bertz CT molecular complexity index is 332. The zero-order chi connectivity index (χ0) is 13.4.